The van der Waals surface area contributed by atoms with Gasteiger partial charge in [-0.25, -0.2) is 9.78 Å². The Balaban J connectivity index is 1.92. The molecule has 0 bridgehead atoms. The summed E-state index contributed by atoms with van der Waals surface area (Å²) in [5.41, 5.74) is 0.853. The Labute approximate surface area is 172 Å². The molecule has 1 atom stereocenters. The average molecular weight is 413 g/mol. The molecule has 0 unspecified atom stereocenters. The maximum absolute atomic E-state index is 13.0. The van der Waals surface area contributed by atoms with Gasteiger partial charge in [-0.2, -0.15) is 0 Å². The summed E-state index contributed by atoms with van der Waals surface area (Å²) in [5, 5.41) is 3.17. The van der Waals surface area contributed by atoms with E-state index >= 15 is 0 Å². The van der Waals surface area contributed by atoms with Gasteiger partial charge in [0.1, 0.15) is 10.9 Å². The molecule has 0 radical (unpaired) electrons. The van der Waals surface area contributed by atoms with Crippen LogP contribution in [0.4, 0.5) is 5.69 Å². The third kappa shape index (κ3) is 4.37. The van der Waals surface area contributed by atoms with Gasteiger partial charge in [0.05, 0.1) is 23.2 Å². The van der Waals surface area contributed by atoms with Crippen molar-refractivity contribution in [1.82, 2.24) is 9.55 Å². The van der Waals surface area contributed by atoms with E-state index < -0.39 is 12.0 Å². The number of esters is 1. The number of benzene rings is 1. The molecule has 2 aromatic heterocycles. The van der Waals surface area contributed by atoms with E-state index in [1.54, 1.807) is 26.0 Å². The van der Waals surface area contributed by atoms with Crippen LogP contribution in [0.3, 0.4) is 0 Å². The van der Waals surface area contributed by atoms with E-state index in [2.05, 4.69) is 10.3 Å². The van der Waals surface area contributed by atoms with Crippen molar-refractivity contribution in [2.45, 2.75) is 33.7 Å². The predicted octanol–water partition coefficient (Wildman–Crippen LogP) is 3.78. The number of thiophene rings is 1. The fourth-order valence-corrected chi connectivity index (χ4v) is 3.86. The summed E-state index contributed by atoms with van der Waals surface area (Å²) >= 11 is 1.16. The number of carbonyl (C=O) groups is 2. The second-order valence-corrected chi connectivity index (χ2v) is 8.21. The third-order valence-corrected chi connectivity index (χ3v) is 5.63. The molecule has 0 saturated heterocycles. The van der Waals surface area contributed by atoms with Crippen LogP contribution in [0.15, 0.2) is 41.5 Å². The van der Waals surface area contributed by atoms with E-state index in [0.717, 1.165) is 11.3 Å². The summed E-state index contributed by atoms with van der Waals surface area (Å²) in [5.74, 6) is -0.586. The van der Waals surface area contributed by atoms with Crippen LogP contribution in [0.25, 0.3) is 10.2 Å². The topological polar surface area (TPSA) is 90.3 Å². The molecule has 3 rings (SSSR count). The van der Waals surface area contributed by atoms with Gasteiger partial charge in [-0.05, 0) is 37.5 Å². The van der Waals surface area contributed by atoms with Gasteiger partial charge in [-0.15, -0.1) is 11.3 Å². The number of anilines is 1. The highest BCUT2D eigenvalue weighted by molar-refractivity contribution is 7.20. The van der Waals surface area contributed by atoms with Crippen molar-refractivity contribution in [3.05, 3.63) is 57.5 Å². The largest absolute Gasteiger partial charge is 0.464 e. The Bertz CT molecular complexity index is 1100. The molecule has 0 spiro atoms. The van der Waals surface area contributed by atoms with Crippen LogP contribution in [0, 0.1) is 12.8 Å². The molecule has 1 aromatic carbocycles. The maximum Gasteiger partial charge on any atom is 0.329 e. The lowest BCUT2D eigenvalue weighted by Crippen LogP contribution is -2.30. The zero-order valence-corrected chi connectivity index (χ0v) is 17.6. The third-order valence-electron chi connectivity index (χ3n) is 4.43. The molecule has 8 heteroatoms. The van der Waals surface area contributed by atoms with Crippen molar-refractivity contribution in [1.29, 1.82) is 0 Å². The number of aromatic nitrogens is 2. The molecule has 3 aromatic rings. The summed E-state index contributed by atoms with van der Waals surface area (Å²) in [4.78, 5) is 43.2. The number of fused-ring (bicyclic) bond motifs is 1. The first-order valence-electron chi connectivity index (χ1n) is 9.32. The highest BCUT2D eigenvalue weighted by atomic mass is 32.1. The minimum atomic E-state index is -0.806. The van der Waals surface area contributed by atoms with E-state index in [1.165, 1.54) is 10.9 Å². The number of para-hydroxylation sites is 1. The molecule has 152 valence electrons. The van der Waals surface area contributed by atoms with E-state index in [9.17, 15) is 14.4 Å². The van der Waals surface area contributed by atoms with Crippen LogP contribution in [0.5, 0.6) is 0 Å². The van der Waals surface area contributed by atoms with E-state index in [1.807, 2.05) is 32.0 Å². The highest BCUT2D eigenvalue weighted by Gasteiger charge is 2.23. The number of ether oxygens (including phenoxy) is 1. The number of rotatable bonds is 6. The van der Waals surface area contributed by atoms with Crippen LogP contribution < -0.4 is 10.9 Å². The zero-order chi connectivity index (χ0) is 21.1. The molecular formula is C21H23N3O4S. The van der Waals surface area contributed by atoms with Gasteiger partial charge in [-0.1, -0.05) is 32.0 Å². The molecule has 0 fully saturated rings. The monoisotopic (exact) mass is 413 g/mol. The second-order valence-electron chi connectivity index (χ2n) is 7.21. The molecule has 0 aliphatic carbocycles. The van der Waals surface area contributed by atoms with Crippen LogP contribution in [-0.4, -0.2) is 28.0 Å². The van der Waals surface area contributed by atoms with E-state index in [-0.39, 0.29) is 24.0 Å². The Hall–Kier alpha value is -3.00. The van der Waals surface area contributed by atoms with Gasteiger partial charge >= 0.3 is 5.97 Å². The fourth-order valence-electron chi connectivity index (χ4n) is 2.82. The first-order chi connectivity index (χ1) is 13.8. The molecule has 7 nitrogen and oxygen atoms in total. The van der Waals surface area contributed by atoms with Crippen molar-refractivity contribution in [2.75, 3.05) is 11.9 Å². The van der Waals surface area contributed by atoms with Crippen molar-refractivity contribution in [3.63, 3.8) is 0 Å². The lowest BCUT2D eigenvalue weighted by molar-refractivity contribution is -0.148. The normalized spacial score (nSPS) is 12.2. The Morgan fingerprint density at radius 3 is 2.55 bits per heavy atom. The molecule has 0 saturated carbocycles. The van der Waals surface area contributed by atoms with Crippen molar-refractivity contribution < 1.29 is 14.3 Å². The van der Waals surface area contributed by atoms with Crippen molar-refractivity contribution in [2.24, 2.45) is 5.92 Å². The van der Waals surface area contributed by atoms with Crippen molar-refractivity contribution >= 4 is 39.1 Å². The van der Waals surface area contributed by atoms with Gasteiger partial charge in [0.25, 0.3) is 11.5 Å². The highest BCUT2D eigenvalue weighted by Crippen LogP contribution is 2.28. The molecule has 1 N–H and O–H groups in total. The van der Waals surface area contributed by atoms with E-state index in [4.69, 9.17) is 4.74 Å². The quantitative estimate of drug-likeness (QED) is 0.621. The standard InChI is InChI=1S/C21H23N3O4S/c1-12(2)10-28-21(27)14(4)24-11-22-19-16(20(24)26)13(3)17(29-19)18(25)23-15-8-6-5-7-9-15/h5-9,11-12,14H,10H2,1-4H3,(H,23,25)/t14-/m1/s1. The fraction of sp³-hybridized carbons (Fsp3) is 0.333. The summed E-state index contributed by atoms with van der Waals surface area (Å²) in [6.07, 6.45) is 1.33. The predicted molar refractivity (Wildman–Crippen MR) is 114 cm³/mol. The van der Waals surface area contributed by atoms with Gasteiger partial charge < -0.3 is 10.1 Å². The van der Waals surface area contributed by atoms with Crippen LogP contribution >= 0.6 is 11.3 Å². The second kappa shape index (κ2) is 8.57. The molecule has 2 heterocycles. The number of carbonyl (C=O) groups excluding carboxylic acids is 2. The minimum Gasteiger partial charge on any atom is -0.464 e. The molecular weight excluding hydrogens is 390 g/mol. The Morgan fingerprint density at radius 2 is 1.90 bits per heavy atom. The SMILES string of the molecule is Cc1c(C(=O)Nc2ccccc2)sc2ncn([C@H](C)C(=O)OCC(C)C)c(=O)c12. The number of hydrogen-bond donors (Lipinski definition) is 1. The zero-order valence-electron chi connectivity index (χ0n) is 16.8. The number of nitrogens with zero attached hydrogens (tertiary/aromatic N) is 2. The summed E-state index contributed by atoms with van der Waals surface area (Å²) in [6.45, 7) is 7.48. The van der Waals surface area contributed by atoms with Crippen LogP contribution in [0.2, 0.25) is 0 Å². The molecule has 0 aliphatic heterocycles. The van der Waals surface area contributed by atoms with Gasteiger partial charge in [0.15, 0.2) is 0 Å². The molecule has 0 aliphatic rings. The number of amides is 1. The maximum atomic E-state index is 13.0. The lowest BCUT2D eigenvalue weighted by atomic mass is 10.2. The van der Waals surface area contributed by atoms with Crippen LogP contribution in [0.1, 0.15) is 42.0 Å². The minimum absolute atomic E-state index is 0.202. The number of nitrogens with one attached hydrogen (secondary N) is 1. The summed E-state index contributed by atoms with van der Waals surface area (Å²) in [6, 6.07) is 8.28. The number of hydrogen-bond acceptors (Lipinski definition) is 6. The Morgan fingerprint density at radius 1 is 1.21 bits per heavy atom. The molecule has 1 amide bonds. The smallest absolute Gasteiger partial charge is 0.329 e. The lowest BCUT2D eigenvalue weighted by Gasteiger charge is -2.15. The van der Waals surface area contributed by atoms with Gasteiger partial charge in [0.2, 0.25) is 0 Å². The van der Waals surface area contributed by atoms with Gasteiger partial charge in [-0.3, -0.25) is 14.2 Å². The summed E-state index contributed by atoms with van der Waals surface area (Å²) in [7, 11) is 0. The van der Waals surface area contributed by atoms with Crippen LogP contribution in [-0.2, 0) is 9.53 Å². The first-order valence-corrected chi connectivity index (χ1v) is 10.1. The first kappa shape index (κ1) is 20.7. The van der Waals surface area contributed by atoms with Crippen molar-refractivity contribution in [3.8, 4) is 0 Å². The Kier molecular flexibility index (Phi) is 6.12. The number of aryl methyl sites for hydroxylation is 1. The van der Waals surface area contributed by atoms with Gasteiger partial charge in [0, 0.05) is 5.69 Å². The molecule has 29 heavy (non-hydrogen) atoms. The average Bonchev–Trinajstić information content (AvgIpc) is 3.04. The van der Waals surface area contributed by atoms with E-state index in [0.29, 0.717) is 26.3 Å². The summed E-state index contributed by atoms with van der Waals surface area (Å²) < 4.78 is 6.49.